The van der Waals surface area contributed by atoms with Gasteiger partial charge in [-0.1, -0.05) is 43.8 Å². The lowest BCUT2D eigenvalue weighted by Gasteiger charge is -2.44. The highest BCUT2D eigenvalue weighted by atomic mass is 16.6. The highest BCUT2D eigenvalue weighted by Crippen LogP contribution is 2.54. The summed E-state index contributed by atoms with van der Waals surface area (Å²) < 4.78 is 5.96. The number of phenolic OH excluding ortho intramolecular Hbond substituents is 1. The predicted molar refractivity (Wildman–Crippen MR) is 101 cm³/mol. The van der Waals surface area contributed by atoms with E-state index in [1.807, 2.05) is 12.1 Å². The van der Waals surface area contributed by atoms with Gasteiger partial charge < -0.3 is 14.9 Å². The summed E-state index contributed by atoms with van der Waals surface area (Å²) in [5.74, 6) is 0.00336. The minimum absolute atomic E-state index is 0.0751. The topological polar surface area (TPSA) is 49.7 Å². The molecule has 25 heavy (non-hydrogen) atoms. The van der Waals surface area contributed by atoms with Crippen molar-refractivity contribution in [1.29, 1.82) is 0 Å². The van der Waals surface area contributed by atoms with Gasteiger partial charge in [0.15, 0.2) is 0 Å². The lowest BCUT2D eigenvalue weighted by molar-refractivity contribution is -0.165. The monoisotopic (exact) mass is 344 g/mol. The molecular formula is C22H32O3. The lowest BCUT2D eigenvalue weighted by Crippen LogP contribution is -2.44. The molecule has 2 aliphatic rings. The Kier molecular flexibility index (Phi) is 5.43. The summed E-state index contributed by atoms with van der Waals surface area (Å²) in [6, 6.07) is 3.95. The quantitative estimate of drug-likeness (QED) is 0.522. The molecule has 0 amide bonds. The van der Waals surface area contributed by atoms with Gasteiger partial charge in [-0.15, -0.1) is 0 Å². The molecule has 2 unspecified atom stereocenters. The van der Waals surface area contributed by atoms with E-state index in [2.05, 4.69) is 20.8 Å². The van der Waals surface area contributed by atoms with E-state index in [0.29, 0.717) is 24.3 Å². The van der Waals surface area contributed by atoms with Crippen molar-refractivity contribution in [3.8, 4) is 11.5 Å². The van der Waals surface area contributed by atoms with Gasteiger partial charge in [0.05, 0.1) is 0 Å². The van der Waals surface area contributed by atoms with Crippen molar-refractivity contribution in [2.24, 2.45) is 0 Å². The molecule has 0 radical (unpaired) electrons. The van der Waals surface area contributed by atoms with Crippen LogP contribution in [0.4, 0.5) is 0 Å². The third-order valence-electron chi connectivity index (χ3n) is 5.77. The Labute approximate surface area is 151 Å². The summed E-state index contributed by atoms with van der Waals surface area (Å²) in [4.78, 5) is 0. The fourth-order valence-corrected chi connectivity index (χ4v) is 4.40. The molecule has 138 valence electrons. The summed E-state index contributed by atoms with van der Waals surface area (Å²) in [5.41, 5.74) is 4.61. The normalized spacial score (nSPS) is 24.6. The smallest absolute Gasteiger partial charge is 0.209 e. The first-order valence-corrected chi connectivity index (χ1v) is 9.87. The fourth-order valence-electron chi connectivity index (χ4n) is 4.40. The number of benzene rings is 1. The van der Waals surface area contributed by atoms with Gasteiger partial charge in [0.2, 0.25) is 5.79 Å². The first-order chi connectivity index (χ1) is 11.9. The maximum atomic E-state index is 10.8. The van der Waals surface area contributed by atoms with E-state index in [1.54, 1.807) is 0 Å². The molecule has 3 nitrogen and oxygen atoms in total. The lowest BCUT2D eigenvalue weighted by atomic mass is 9.72. The van der Waals surface area contributed by atoms with Crippen molar-refractivity contribution < 1.29 is 14.9 Å². The van der Waals surface area contributed by atoms with E-state index in [4.69, 9.17) is 4.74 Å². The number of aliphatic hydroxyl groups is 1. The molecule has 1 saturated carbocycles. The van der Waals surface area contributed by atoms with Gasteiger partial charge in [-0.2, -0.15) is 0 Å². The van der Waals surface area contributed by atoms with Crippen LogP contribution in [0, 0.1) is 0 Å². The minimum atomic E-state index is -1.08. The van der Waals surface area contributed by atoms with Gasteiger partial charge in [-0.3, -0.25) is 0 Å². The Morgan fingerprint density at radius 2 is 1.96 bits per heavy atom. The molecule has 2 atom stereocenters. The SMILES string of the molecule is CCCCCCCc1cc(O)c2c(c1)OC1(O)CCC(=C(C)C)C2C1. The van der Waals surface area contributed by atoms with Crippen LogP contribution in [0.1, 0.15) is 89.2 Å². The van der Waals surface area contributed by atoms with E-state index in [0.717, 1.165) is 30.4 Å². The molecule has 1 aromatic carbocycles. The van der Waals surface area contributed by atoms with Crippen molar-refractivity contribution in [2.45, 2.75) is 90.3 Å². The second-order valence-corrected chi connectivity index (χ2v) is 8.02. The predicted octanol–water partition coefficient (Wildman–Crippen LogP) is 5.59. The first-order valence-electron chi connectivity index (χ1n) is 9.87. The van der Waals surface area contributed by atoms with Gasteiger partial charge in [0.25, 0.3) is 0 Å². The molecule has 2 bridgehead atoms. The molecule has 3 heteroatoms. The van der Waals surface area contributed by atoms with Gasteiger partial charge in [0, 0.05) is 24.3 Å². The molecule has 0 aromatic heterocycles. The van der Waals surface area contributed by atoms with Gasteiger partial charge in [-0.25, -0.2) is 0 Å². The fraction of sp³-hybridized carbons (Fsp3) is 0.636. The van der Waals surface area contributed by atoms with Gasteiger partial charge in [-0.05, 0) is 50.8 Å². The maximum absolute atomic E-state index is 10.8. The molecule has 1 heterocycles. The zero-order valence-corrected chi connectivity index (χ0v) is 15.9. The van der Waals surface area contributed by atoms with Gasteiger partial charge in [0.1, 0.15) is 11.5 Å². The Morgan fingerprint density at radius 3 is 2.68 bits per heavy atom. The first kappa shape index (κ1) is 18.3. The minimum Gasteiger partial charge on any atom is -0.507 e. The zero-order valence-electron chi connectivity index (χ0n) is 15.9. The summed E-state index contributed by atoms with van der Waals surface area (Å²) in [6.45, 7) is 6.47. The van der Waals surface area contributed by atoms with E-state index in [1.165, 1.54) is 36.8 Å². The average molecular weight is 344 g/mol. The van der Waals surface area contributed by atoms with Crippen molar-refractivity contribution in [3.05, 3.63) is 34.4 Å². The molecular weight excluding hydrogens is 312 g/mol. The second kappa shape index (κ2) is 7.41. The van der Waals surface area contributed by atoms with Crippen LogP contribution in [0.2, 0.25) is 0 Å². The van der Waals surface area contributed by atoms with Crippen LogP contribution in [0.5, 0.6) is 11.5 Å². The number of allylic oxidation sites excluding steroid dienone is 2. The number of fused-ring (bicyclic) bond motifs is 4. The molecule has 0 saturated heterocycles. The summed E-state index contributed by atoms with van der Waals surface area (Å²) in [7, 11) is 0. The maximum Gasteiger partial charge on any atom is 0.209 e. The molecule has 1 aliphatic heterocycles. The van der Waals surface area contributed by atoms with Crippen molar-refractivity contribution in [2.75, 3.05) is 0 Å². The van der Waals surface area contributed by atoms with Crippen LogP contribution >= 0.6 is 0 Å². The van der Waals surface area contributed by atoms with Crippen LogP contribution < -0.4 is 4.74 Å². The highest BCUT2D eigenvalue weighted by molar-refractivity contribution is 5.54. The summed E-state index contributed by atoms with van der Waals surface area (Å²) in [5, 5.41) is 21.5. The van der Waals surface area contributed by atoms with Crippen LogP contribution in [0.15, 0.2) is 23.3 Å². The van der Waals surface area contributed by atoms with Crippen molar-refractivity contribution >= 4 is 0 Å². The number of aromatic hydroxyl groups is 1. The molecule has 1 aromatic rings. The van der Waals surface area contributed by atoms with Crippen LogP contribution in [-0.2, 0) is 6.42 Å². The number of ether oxygens (including phenoxy) is 1. The average Bonchev–Trinajstić information content (AvgIpc) is 2.53. The third-order valence-corrected chi connectivity index (χ3v) is 5.77. The van der Waals surface area contributed by atoms with Crippen LogP contribution in [-0.4, -0.2) is 16.0 Å². The van der Waals surface area contributed by atoms with E-state index in [-0.39, 0.29) is 5.92 Å². The largest absolute Gasteiger partial charge is 0.507 e. The number of rotatable bonds is 6. The van der Waals surface area contributed by atoms with E-state index >= 15 is 0 Å². The zero-order chi connectivity index (χ0) is 18.0. The van der Waals surface area contributed by atoms with Crippen molar-refractivity contribution in [1.82, 2.24) is 0 Å². The summed E-state index contributed by atoms with van der Waals surface area (Å²) in [6.07, 6.45) is 9.13. The number of unbranched alkanes of at least 4 members (excludes halogenated alkanes) is 4. The van der Waals surface area contributed by atoms with Gasteiger partial charge >= 0.3 is 0 Å². The molecule has 1 fully saturated rings. The second-order valence-electron chi connectivity index (χ2n) is 8.02. The molecule has 2 N–H and O–H groups in total. The molecule has 3 rings (SSSR count). The Balaban J connectivity index is 1.84. The number of hydrogen-bond acceptors (Lipinski definition) is 3. The highest BCUT2D eigenvalue weighted by Gasteiger charge is 2.46. The van der Waals surface area contributed by atoms with Crippen molar-refractivity contribution in [3.63, 3.8) is 0 Å². The standard InChI is InChI=1S/C22H32O3/c1-4-5-6-7-8-9-16-12-19(23)21-18-14-22(24,25-20(21)13-16)11-10-17(18)15(2)3/h12-13,18,23-24H,4-11,14H2,1-3H3. The number of hydrogen-bond donors (Lipinski definition) is 2. The Bertz CT molecular complexity index is 657. The third kappa shape index (κ3) is 3.87. The Morgan fingerprint density at radius 1 is 1.20 bits per heavy atom. The van der Waals surface area contributed by atoms with Crippen LogP contribution in [0.25, 0.3) is 0 Å². The molecule has 0 spiro atoms. The summed E-state index contributed by atoms with van der Waals surface area (Å²) >= 11 is 0. The molecule has 1 aliphatic carbocycles. The number of aryl methyl sites for hydroxylation is 1. The van der Waals surface area contributed by atoms with E-state index < -0.39 is 5.79 Å². The Hall–Kier alpha value is -1.48. The number of phenols is 1. The van der Waals surface area contributed by atoms with Crippen LogP contribution in [0.3, 0.4) is 0 Å². The van der Waals surface area contributed by atoms with E-state index in [9.17, 15) is 10.2 Å².